The fraction of sp³-hybridized carbons (Fsp3) is 0.429. The van der Waals surface area contributed by atoms with Crippen LogP contribution in [0.2, 0.25) is 0 Å². The summed E-state index contributed by atoms with van der Waals surface area (Å²) >= 11 is 0. The lowest BCUT2D eigenvalue weighted by atomic mass is 10.1. The van der Waals surface area contributed by atoms with Gasteiger partial charge < -0.3 is 23.7 Å². The minimum absolute atomic E-state index is 0.0801. The maximum absolute atomic E-state index is 12.9. The molecule has 1 aliphatic heterocycles. The van der Waals surface area contributed by atoms with Crippen LogP contribution in [0, 0.1) is 0 Å². The van der Waals surface area contributed by atoms with Crippen molar-refractivity contribution in [2.24, 2.45) is 0 Å². The first-order valence-corrected chi connectivity index (χ1v) is 9.57. The molecule has 1 aliphatic rings. The van der Waals surface area contributed by atoms with Crippen molar-refractivity contribution in [1.82, 2.24) is 9.80 Å². The van der Waals surface area contributed by atoms with Crippen molar-refractivity contribution < 1.29 is 23.5 Å². The molecule has 0 spiro atoms. The molecule has 0 bridgehead atoms. The van der Waals surface area contributed by atoms with Gasteiger partial charge in [-0.1, -0.05) is 13.3 Å². The molecule has 1 aromatic heterocycles. The van der Waals surface area contributed by atoms with Gasteiger partial charge >= 0.3 is 0 Å². The van der Waals surface area contributed by atoms with Gasteiger partial charge in [-0.25, -0.2) is 0 Å². The third-order valence-corrected chi connectivity index (χ3v) is 4.75. The molecule has 2 amide bonds. The van der Waals surface area contributed by atoms with E-state index in [0.717, 1.165) is 12.8 Å². The lowest BCUT2D eigenvalue weighted by molar-refractivity contribution is 0.0518. The number of benzene rings is 1. The smallest absolute Gasteiger partial charge is 0.289 e. The molecule has 1 saturated heterocycles. The summed E-state index contributed by atoms with van der Waals surface area (Å²) in [6, 6.07) is 8.58. The number of carbonyl (C=O) groups is 2. The average molecular weight is 386 g/mol. The maximum Gasteiger partial charge on any atom is 0.289 e. The molecule has 2 aromatic rings. The number of piperazine rings is 1. The normalized spacial score (nSPS) is 14.1. The quantitative estimate of drug-likeness (QED) is 0.684. The van der Waals surface area contributed by atoms with Crippen LogP contribution in [-0.2, 0) is 0 Å². The van der Waals surface area contributed by atoms with E-state index in [1.54, 1.807) is 47.2 Å². The largest absolute Gasteiger partial charge is 0.493 e. The second-order valence-electron chi connectivity index (χ2n) is 6.63. The highest BCUT2D eigenvalue weighted by atomic mass is 16.5. The van der Waals surface area contributed by atoms with E-state index in [9.17, 15) is 9.59 Å². The Hall–Kier alpha value is -2.96. The molecule has 0 atom stereocenters. The Bertz CT molecular complexity index is 795. The van der Waals surface area contributed by atoms with Crippen LogP contribution in [-0.4, -0.2) is 61.5 Å². The molecule has 3 rings (SSSR count). The van der Waals surface area contributed by atoms with Gasteiger partial charge in [0.15, 0.2) is 17.3 Å². The highest BCUT2D eigenvalue weighted by Crippen LogP contribution is 2.29. The van der Waals surface area contributed by atoms with Crippen LogP contribution in [0.25, 0.3) is 0 Å². The number of carbonyl (C=O) groups excluding carboxylic acids is 2. The van der Waals surface area contributed by atoms with Crippen LogP contribution >= 0.6 is 0 Å². The zero-order valence-corrected chi connectivity index (χ0v) is 16.3. The second kappa shape index (κ2) is 9.30. The van der Waals surface area contributed by atoms with Gasteiger partial charge in [-0.2, -0.15) is 0 Å². The van der Waals surface area contributed by atoms with E-state index in [1.165, 1.54) is 6.26 Å². The van der Waals surface area contributed by atoms with Gasteiger partial charge in [0, 0.05) is 31.7 Å². The summed E-state index contributed by atoms with van der Waals surface area (Å²) in [5.74, 6) is 1.29. The summed E-state index contributed by atoms with van der Waals surface area (Å²) in [5, 5.41) is 0. The minimum atomic E-state index is -0.146. The first-order valence-electron chi connectivity index (χ1n) is 9.57. The van der Waals surface area contributed by atoms with Gasteiger partial charge in [0.25, 0.3) is 11.8 Å². The predicted octanol–water partition coefficient (Wildman–Crippen LogP) is 3.07. The number of nitrogens with zero attached hydrogens (tertiary/aromatic N) is 2. The topological polar surface area (TPSA) is 72.2 Å². The van der Waals surface area contributed by atoms with Gasteiger partial charge in [0.05, 0.1) is 20.0 Å². The number of furan rings is 1. The Morgan fingerprint density at radius 3 is 2.36 bits per heavy atom. The first kappa shape index (κ1) is 19.8. The van der Waals surface area contributed by atoms with E-state index >= 15 is 0 Å². The number of ether oxygens (including phenoxy) is 2. The molecule has 0 saturated carbocycles. The van der Waals surface area contributed by atoms with Crippen molar-refractivity contribution in [2.75, 3.05) is 39.9 Å². The number of hydrogen-bond donors (Lipinski definition) is 0. The Morgan fingerprint density at radius 2 is 1.75 bits per heavy atom. The second-order valence-corrected chi connectivity index (χ2v) is 6.63. The highest BCUT2D eigenvalue weighted by Gasteiger charge is 2.27. The van der Waals surface area contributed by atoms with E-state index in [2.05, 4.69) is 6.92 Å². The fourth-order valence-electron chi connectivity index (χ4n) is 3.10. The molecular weight excluding hydrogens is 360 g/mol. The van der Waals surface area contributed by atoms with Crippen LogP contribution in [0.15, 0.2) is 41.0 Å². The van der Waals surface area contributed by atoms with Gasteiger partial charge in [-0.15, -0.1) is 0 Å². The monoisotopic (exact) mass is 386 g/mol. The van der Waals surface area contributed by atoms with E-state index in [1.807, 2.05) is 0 Å². The van der Waals surface area contributed by atoms with Gasteiger partial charge in [-0.3, -0.25) is 9.59 Å². The average Bonchev–Trinajstić information content (AvgIpc) is 3.28. The van der Waals surface area contributed by atoms with Crippen molar-refractivity contribution in [3.8, 4) is 11.5 Å². The van der Waals surface area contributed by atoms with Crippen molar-refractivity contribution in [3.05, 3.63) is 47.9 Å². The summed E-state index contributed by atoms with van der Waals surface area (Å²) in [7, 11) is 1.56. The SMILES string of the molecule is CCCCOc1ccc(C(=O)N2CCN(C(=O)c3ccco3)CC2)cc1OC. The van der Waals surface area contributed by atoms with Crippen molar-refractivity contribution in [3.63, 3.8) is 0 Å². The molecule has 1 aromatic carbocycles. The van der Waals surface area contributed by atoms with Crippen LogP contribution in [0.4, 0.5) is 0 Å². The van der Waals surface area contributed by atoms with E-state index in [4.69, 9.17) is 13.9 Å². The molecule has 2 heterocycles. The van der Waals surface area contributed by atoms with Crippen LogP contribution in [0.1, 0.15) is 40.7 Å². The molecule has 7 heteroatoms. The maximum atomic E-state index is 12.9. The molecule has 0 unspecified atom stereocenters. The van der Waals surface area contributed by atoms with Gasteiger partial charge in [0.1, 0.15) is 0 Å². The van der Waals surface area contributed by atoms with Crippen molar-refractivity contribution >= 4 is 11.8 Å². The standard InChI is InChI=1S/C21H26N2O5/c1-3-4-13-27-17-8-7-16(15-19(17)26-2)20(24)22-9-11-23(12-10-22)21(25)18-6-5-14-28-18/h5-8,14-15H,3-4,9-13H2,1-2H3. The first-order chi connectivity index (χ1) is 13.6. The third kappa shape index (κ3) is 4.47. The number of amides is 2. The van der Waals surface area contributed by atoms with Gasteiger partial charge in [-0.05, 0) is 36.8 Å². The third-order valence-electron chi connectivity index (χ3n) is 4.75. The lowest BCUT2D eigenvalue weighted by Gasteiger charge is -2.34. The Labute approximate surface area is 164 Å². The Balaban J connectivity index is 1.60. The number of rotatable bonds is 7. The summed E-state index contributed by atoms with van der Waals surface area (Å²) in [4.78, 5) is 28.6. The summed E-state index contributed by atoms with van der Waals surface area (Å²) in [6.45, 7) is 4.61. The highest BCUT2D eigenvalue weighted by molar-refractivity contribution is 5.95. The summed E-state index contributed by atoms with van der Waals surface area (Å²) < 4.78 is 16.3. The van der Waals surface area contributed by atoms with Crippen LogP contribution < -0.4 is 9.47 Å². The molecule has 0 radical (unpaired) electrons. The van der Waals surface area contributed by atoms with Gasteiger partial charge in [0.2, 0.25) is 0 Å². The number of unbranched alkanes of at least 4 members (excludes halogenated alkanes) is 1. The summed E-state index contributed by atoms with van der Waals surface area (Å²) in [6.07, 6.45) is 3.49. The zero-order valence-electron chi connectivity index (χ0n) is 16.3. The predicted molar refractivity (Wildman–Crippen MR) is 104 cm³/mol. The molecular formula is C21H26N2O5. The Kier molecular flexibility index (Phi) is 6.57. The number of methoxy groups -OCH3 is 1. The fourth-order valence-corrected chi connectivity index (χ4v) is 3.10. The Morgan fingerprint density at radius 1 is 1.04 bits per heavy atom. The molecule has 7 nitrogen and oxygen atoms in total. The van der Waals surface area contributed by atoms with Crippen molar-refractivity contribution in [1.29, 1.82) is 0 Å². The molecule has 1 fully saturated rings. The van der Waals surface area contributed by atoms with E-state index < -0.39 is 0 Å². The van der Waals surface area contributed by atoms with Crippen molar-refractivity contribution in [2.45, 2.75) is 19.8 Å². The van der Waals surface area contributed by atoms with E-state index in [0.29, 0.717) is 55.6 Å². The van der Waals surface area contributed by atoms with Crippen LogP contribution in [0.3, 0.4) is 0 Å². The lowest BCUT2D eigenvalue weighted by Crippen LogP contribution is -2.50. The van der Waals surface area contributed by atoms with E-state index in [-0.39, 0.29) is 11.8 Å². The summed E-state index contributed by atoms with van der Waals surface area (Å²) in [5.41, 5.74) is 0.547. The zero-order chi connectivity index (χ0) is 19.9. The minimum Gasteiger partial charge on any atom is -0.493 e. The molecule has 0 aliphatic carbocycles. The number of hydrogen-bond acceptors (Lipinski definition) is 5. The molecule has 28 heavy (non-hydrogen) atoms. The van der Waals surface area contributed by atoms with Crippen LogP contribution in [0.5, 0.6) is 11.5 Å². The molecule has 150 valence electrons. The molecule has 0 N–H and O–H groups in total.